The minimum absolute atomic E-state index is 0.0195. The second-order valence-electron chi connectivity index (χ2n) is 3.82. The van der Waals surface area contributed by atoms with Gasteiger partial charge in [-0.2, -0.15) is 0 Å². The number of ether oxygens (including phenoxy) is 1. The number of hydrogen-bond acceptors (Lipinski definition) is 5. The number of aromatic nitrogens is 1. The van der Waals surface area contributed by atoms with Crippen molar-refractivity contribution in [2.24, 2.45) is 0 Å². The molecule has 98 valence electrons. The minimum atomic E-state index is -1.09. The molecule has 0 saturated carbocycles. The highest BCUT2D eigenvalue weighted by Gasteiger charge is 2.09. The van der Waals surface area contributed by atoms with Crippen molar-refractivity contribution in [1.29, 1.82) is 0 Å². The molecule has 0 fully saturated rings. The third kappa shape index (κ3) is 2.92. The van der Waals surface area contributed by atoms with E-state index in [1.54, 1.807) is 31.4 Å². The number of anilines is 3. The van der Waals surface area contributed by atoms with Crippen LogP contribution in [0, 0.1) is 0 Å². The summed E-state index contributed by atoms with van der Waals surface area (Å²) in [6.07, 6.45) is 1.31. The smallest absolute Gasteiger partial charge is 0.337 e. The molecule has 4 N–H and O–H groups in total. The summed E-state index contributed by atoms with van der Waals surface area (Å²) in [5.41, 5.74) is 6.46. The third-order valence-electron chi connectivity index (χ3n) is 2.53. The number of carboxylic acids is 1. The third-order valence-corrected chi connectivity index (χ3v) is 2.53. The van der Waals surface area contributed by atoms with Crippen LogP contribution in [-0.4, -0.2) is 23.2 Å². The van der Waals surface area contributed by atoms with E-state index >= 15 is 0 Å². The van der Waals surface area contributed by atoms with E-state index in [2.05, 4.69) is 10.3 Å². The zero-order valence-electron chi connectivity index (χ0n) is 10.3. The van der Waals surface area contributed by atoms with Crippen LogP contribution in [0.25, 0.3) is 0 Å². The van der Waals surface area contributed by atoms with Gasteiger partial charge in [-0.05, 0) is 30.3 Å². The number of aromatic carboxylic acids is 1. The summed E-state index contributed by atoms with van der Waals surface area (Å²) in [5.74, 6) is 0.0662. The van der Waals surface area contributed by atoms with E-state index in [1.807, 2.05) is 0 Å². The highest BCUT2D eigenvalue weighted by Crippen LogP contribution is 2.21. The van der Waals surface area contributed by atoms with Gasteiger partial charge in [-0.25, -0.2) is 9.78 Å². The number of carboxylic acid groups (broad SMARTS) is 1. The van der Waals surface area contributed by atoms with Gasteiger partial charge in [0.2, 0.25) is 0 Å². The molecule has 6 nitrogen and oxygen atoms in total. The molecule has 2 aromatic rings. The van der Waals surface area contributed by atoms with Crippen molar-refractivity contribution in [3.8, 4) is 5.75 Å². The molecule has 0 saturated heterocycles. The van der Waals surface area contributed by atoms with Gasteiger partial charge in [0.15, 0.2) is 0 Å². The number of nitrogen functional groups attached to an aromatic ring is 1. The van der Waals surface area contributed by atoms with Crippen LogP contribution >= 0.6 is 0 Å². The molecule has 1 heterocycles. The summed E-state index contributed by atoms with van der Waals surface area (Å²) in [4.78, 5) is 15.0. The topological polar surface area (TPSA) is 97.5 Å². The molecule has 0 amide bonds. The monoisotopic (exact) mass is 259 g/mol. The predicted octanol–water partition coefficient (Wildman–Crippen LogP) is 2.11. The van der Waals surface area contributed by atoms with E-state index in [0.29, 0.717) is 5.82 Å². The summed E-state index contributed by atoms with van der Waals surface area (Å²) >= 11 is 0. The Hall–Kier alpha value is -2.76. The van der Waals surface area contributed by atoms with Gasteiger partial charge in [0.1, 0.15) is 11.6 Å². The Morgan fingerprint density at radius 2 is 2.05 bits per heavy atom. The zero-order chi connectivity index (χ0) is 13.8. The number of nitrogens with zero attached hydrogens (tertiary/aromatic N) is 1. The Kier molecular flexibility index (Phi) is 3.51. The van der Waals surface area contributed by atoms with Crippen molar-refractivity contribution in [1.82, 2.24) is 4.98 Å². The largest absolute Gasteiger partial charge is 0.497 e. The molecule has 2 rings (SSSR count). The summed E-state index contributed by atoms with van der Waals surface area (Å²) in [5, 5.41) is 12.0. The van der Waals surface area contributed by atoms with Crippen LogP contribution in [0.4, 0.5) is 17.2 Å². The molecule has 0 aliphatic heterocycles. The van der Waals surface area contributed by atoms with Crippen LogP contribution in [0.5, 0.6) is 5.75 Å². The van der Waals surface area contributed by atoms with E-state index in [0.717, 1.165) is 11.4 Å². The molecule has 0 bridgehead atoms. The molecule has 0 unspecified atom stereocenters. The first-order valence-corrected chi connectivity index (χ1v) is 5.50. The van der Waals surface area contributed by atoms with E-state index < -0.39 is 5.97 Å². The quantitative estimate of drug-likeness (QED) is 0.778. The Labute approximate surface area is 109 Å². The van der Waals surface area contributed by atoms with Gasteiger partial charge in [0, 0.05) is 5.69 Å². The van der Waals surface area contributed by atoms with Gasteiger partial charge in [-0.15, -0.1) is 0 Å². The highest BCUT2D eigenvalue weighted by atomic mass is 16.5. The lowest BCUT2D eigenvalue weighted by molar-refractivity contribution is 0.0698. The van der Waals surface area contributed by atoms with Crippen molar-refractivity contribution in [2.75, 3.05) is 18.2 Å². The number of nitrogens with one attached hydrogen (secondary N) is 1. The number of nitrogens with two attached hydrogens (primary N) is 1. The molecule has 0 aliphatic rings. The summed E-state index contributed by atoms with van der Waals surface area (Å²) in [6.45, 7) is 0. The molecule has 1 aromatic heterocycles. The fraction of sp³-hybridized carbons (Fsp3) is 0.0769. The normalized spacial score (nSPS) is 9.95. The molecule has 0 spiro atoms. The van der Waals surface area contributed by atoms with Crippen molar-refractivity contribution < 1.29 is 14.6 Å². The second kappa shape index (κ2) is 5.26. The first kappa shape index (κ1) is 12.7. The number of benzene rings is 1. The summed E-state index contributed by atoms with van der Waals surface area (Å²) in [6, 6.07) is 8.58. The van der Waals surface area contributed by atoms with Gasteiger partial charge in [-0.1, -0.05) is 0 Å². The molecular weight excluding hydrogens is 246 g/mol. The fourth-order valence-corrected chi connectivity index (χ4v) is 1.54. The number of pyridine rings is 1. The SMILES string of the molecule is COc1ccc(Nc2cc(C(=O)O)c(N)cn2)cc1. The average Bonchev–Trinajstić information content (AvgIpc) is 2.41. The summed E-state index contributed by atoms with van der Waals surface area (Å²) < 4.78 is 5.05. The first-order valence-electron chi connectivity index (χ1n) is 5.50. The lowest BCUT2D eigenvalue weighted by Crippen LogP contribution is -2.05. The maximum atomic E-state index is 11.0. The number of carbonyl (C=O) groups is 1. The molecule has 0 atom stereocenters. The standard InChI is InChI=1S/C13H13N3O3/c1-19-9-4-2-8(3-5-9)16-12-6-10(13(17)18)11(14)7-15-12/h2-7H,14H2,1H3,(H,15,16)(H,17,18). The van der Waals surface area contributed by atoms with E-state index in [1.165, 1.54) is 12.3 Å². The van der Waals surface area contributed by atoms with Crippen molar-refractivity contribution >= 4 is 23.2 Å². The number of hydrogen-bond donors (Lipinski definition) is 3. The average molecular weight is 259 g/mol. The maximum Gasteiger partial charge on any atom is 0.337 e. The molecule has 1 aromatic carbocycles. The van der Waals surface area contributed by atoms with Crippen LogP contribution in [0.1, 0.15) is 10.4 Å². The maximum absolute atomic E-state index is 11.0. The zero-order valence-corrected chi connectivity index (χ0v) is 10.3. The van der Waals surface area contributed by atoms with E-state index in [-0.39, 0.29) is 11.3 Å². The van der Waals surface area contributed by atoms with Crippen LogP contribution in [-0.2, 0) is 0 Å². The van der Waals surface area contributed by atoms with Crippen LogP contribution in [0.2, 0.25) is 0 Å². The fourth-order valence-electron chi connectivity index (χ4n) is 1.54. The van der Waals surface area contributed by atoms with E-state index in [4.69, 9.17) is 15.6 Å². The van der Waals surface area contributed by atoms with Crippen LogP contribution in [0.3, 0.4) is 0 Å². The Balaban J connectivity index is 2.22. The highest BCUT2D eigenvalue weighted by molar-refractivity contribution is 5.94. The molecule has 0 aliphatic carbocycles. The number of rotatable bonds is 4. The van der Waals surface area contributed by atoms with Gasteiger partial charge in [-0.3, -0.25) is 0 Å². The molecule has 6 heteroatoms. The van der Waals surface area contributed by atoms with Crippen molar-refractivity contribution in [3.05, 3.63) is 42.1 Å². The lowest BCUT2D eigenvalue weighted by Gasteiger charge is -2.08. The molecule has 19 heavy (non-hydrogen) atoms. The second-order valence-corrected chi connectivity index (χ2v) is 3.82. The van der Waals surface area contributed by atoms with Crippen molar-refractivity contribution in [2.45, 2.75) is 0 Å². The molecule has 0 radical (unpaired) electrons. The molecular formula is C13H13N3O3. The van der Waals surface area contributed by atoms with E-state index in [9.17, 15) is 4.79 Å². The Morgan fingerprint density at radius 3 is 2.63 bits per heavy atom. The Morgan fingerprint density at radius 1 is 1.37 bits per heavy atom. The Bertz CT molecular complexity index is 597. The van der Waals surface area contributed by atoms with Gasteiger partial charge < -0.3 is 20.9 Å². The number of methoxy groups -OCH3 is 1. The summed E-state index contributed by atoms with van der Waals surface area (Å²) in [7, 11) is 1.59. The van der Waals surface area contributed by atoms with Gasteiger partial charge >= 0.3 is 5.97 Å². The van der Waals surface area contributed by atoms with Crippen LogP contribution < -0.4 is 15.8 Å². The first-order chi connectivity index (χ1) is 9.10. The van der Waals surface area contributed by atoms with Gasteiger partial charge in [0.05, 0.1) is 24.6 Å². The van der Waals surface area contributed by atoms with Gasteiger partial charge in [0.25, 0.3) is 0 Å². The van der Waals surface area contributed by atoms with Crippen LogP contribution in [0.15, 0.2) is 36.5 Å². The predicted molar refractivity (Wildman–Crippen MR) is 71.9 cm³/mol. The lowest BCUT2D eigenvalue weighted by atomic mass is 10.2. The minimum Gasteiger partial charge on any atom is -0.497 e. The van der Waals surface area contributed by atoms with Crippen molar-refractivity contribution in [3.63, 3.8) is 0 Å².